The Morgan fingerprint density at radius 3 is 2.89 bits per heavy atom. The van der Waals surface area contributed by atoms with Crippen LogP contribution in [0.5, 0.6) is 0 Å². The fraction of sp³-hybridized carbons (Fsp3) is 0.231. The zero-order valence-electron chi connectivity index (χ0n) is 10.8. The van der Waals surface area contributed by atoms with Crippen molar-refractivity contribution in [3.05, 3.63) is 35.9 Å². The second-order valence-electron chi connectivity index (χ2n) is 4.46. The van der Waals surface area contributed by atoms with Gasteiger partial charge in [-0.3, -0.25) is 0 Å². The first-order valence-corrected chi connectivity index (χ1v) is 5.91. The molecule has 0 saturated carbocycles. The molecule has 0 bridgehead atoms. The van der Waals surface area contributed by atoms with Crippen LogP contribution in [0.2, 0.25) is 0 Å². The highest BCUT2D eigenvalue weighted by Gasteiger charge is 2.09. The highest BCUT2D eigenvalue weighted by molar-refractivity contribution is 5.77. The van der Waals surface area contributed by atoms with Crippen LogP contribution in [-0.4, -0.2) is 17.2 Å². The highest BCUT2D eigenvalue weighted by Crippen LogP contribution is 2.23. The van der Waals surface area contributed by atoms with Crippen LogP contribution in [0.25, 0.3) is 11.1 Å². The molecule has 2 aromatic heterocycles. The molecule has 6 heteroatoms. The minimum absolute atomic E-state index is 0.393. The molecule has 0 fully saturated rings. The van der Waals surface area contributed by atoms with Crippen molar-refractivity contribution in [1.29, 1.82) is 0 Å². The lowest BCUT2D eigenvalue weighted by atomic mass is 10.2. The molecule has 0 atom stereocenters. The molecule has 0 saturated heterocycles. The summed E-state index contributed by atoms with van der Waals surface area (Å²) in [5.74, 6) is 1.77. The standard InChI is InChI=1S/C13H14N4O2/c1-8-15-11-4-3-9(5-12(11)18-8)17(2)7-10-6-13(14)16-19-10/h3-6H,7H2,1-2H3,(H2,14,16). The molecule has 3 aromatic rings. The van der Waals surface area contributed by atoms with Crippen LogP contribution in [-0.2, 0) is 6.54 Å². The Hall–Kier alpha value is -2.50. The number of oxazole rings is 1. The van der Waals surface area contributed by atoms with Gasteiger partial charge >= 0.3 is 0 Å². The molecule has 98 valence electrons. The summed E-state index contributed by atoms with van der Waals surface area (Å²) in [4.78, 5) is 6.30. The lowest BCUT2D eigenvalue weighted by Gasteiger charge is -2.16. The number of nitrogens with two attached hydrogens (primary N) is 1. The summed E-state index contributed by atoms with van der Waals surface area (Å²) in [5.41, 5.74) is 8.17. The monoisotopic (exact) mass is 258 g/mol. The topological polar surface area (TPSA) is 81.3 Å². The number of hydrogen-bond donors (Lipinski definition) is 1. The molecule has 0 spiro atoms. The van der Waals surface area contributed by atoms with E-state index in [1.54, 1.807) is 6.07 Å². The Morgan fingerprint density at radius 1 is 1.32 bits per heavy atom. The lowest BCUT2D eigenvalue weighted by molar-refractivity contribution is 0.385. The summed E-state index contributed by atoms with van der Waals surface area (Å²) in [5, 5.41) is 3.66. The fourth-order valence-corrected chi connectivity index (χ4v) is 1.99. The van der Waals surface area contributed by atoms with Crippen molar-refractivity contribution in [2.45, 2.75) is 13.5 Å². The third kappa shape index (κ3) is 2.24. The van der Waals surface area contributed by atoms with Crippen LogP contribution in [0, 0.1) is 6.92 Å². The number of hydrogen-bond acceptors (Lipinski definition) is 6. The summed E-state index contributed by atoms with van der Waals surface area (Å²) < 4.78 is 10.6. The van der Waals surface area contributed by atoms with Gasteiger partial charge in [0.05, 0.1) is 6.54 Å². The van der Waals surface area contributed by atoms with Crippen LogP contribution in [0.1, 0.15) is 11.7 Å². The van der Waals surface area contributed by atoms with Crippen molar-refractivity contribution in [2.24, 2.45) is 0 Å². The number of benzene rings is 1. The minimum atomic E-state index is 0.393. The number of nitrogen functional groups attached to an aromatic ring is 1. The van der Waals surface area contributed by atoms with E-state index in [1.807, 2.05) is 37.1 Å². The van der Waals surface area contributed by atoms with E-state index in [2.05, 4.69) is 10.1 Å². The molecule has 0 aliphatic heterocycles. The molecule has 0 amide bonds. The SMILES string of the molecule is Cc1nc2ccc(N(C)Cc3cc(N)no3)cc2o1. The van der Waals surface area contributed by atoms with E-state index in [1.165, 1.54) is 0 Å². The summed E-state index contributed by atoms with van der Waals surface area (Å²) in [6, 6.07) is 7.60. The van der Waals surface area contributed by atoms with Gasteiger partial charge in [0.25, 0.3) is 0 Å². The van der Waals surface area contributed by atoms with Gasteiger partial charge in [0.15, 0.2) is 23.1 Å². The van der Waals surface area contributed by atoms with Crippen molar-refractivity contribution < 1.29 is 8.94 Å². The van der Waals surface area contributed by atoms with E-state index in [0.717, 1.165) is 16.8 Å². The van der Waals surface area contributed by atoms with Crippen LogP contribution in [0.15, 0.2) is 33.2 Å². The van der Waals surface area contributed by atoms with E-state index >= 15 is 0 Å². The molecule has 2 N–H and O–H groups in total. The van der Waals surface area contributed by atoms with Gasteiger partial charge in [0.2, 0.25) is 0 Å². The van der Waals surface area contributed by atoms with Crippen molar-refractivity contribution in [2.75, 3.05) is 17.7 Å². The number of fused-ring (bicyclic) bond motifs is 1. The van der Waals surface area contributed by atoms with Gasteiger partial charge in [-0.1, -0.05) is 5.16 Å². The van der Waals surface area contributed by atoms with Crippen molar-refractivity contribution in [3.63, 3.8) is 0 Å². The Kier molecular flexibility index (Phi) is 2.63. The van der Waals surface area contributed by atoms with Gasteiger partial charge in [0.1, 0.15) is 5.52 Å². The molecule has 3 rings (SSSR count). The predicted octanol–water partition coefficient (Wildman–Crippen LogP) is 2.34. The molecule has 19 heavy (non-hydrogen) atoms. The zero-order valence-corrected chi connectivity index (χ0v) is 10.8. The van der Waals surface area contributed by atoms with Gasteiger partial charge in [-0.2, -0.15) is 0 Å². The second-order valence-corrected chi connectivity index (χ2v) is 4.46. The molecule has 1 aromatic carbocycles. The van der Waals surface area contributed by atoms with Crippen LogP contribution >= 0.6 is 0 Å². The van der Waals surface area contributed by atoms with E-state index < -0.39 is 0 Å². The maximum absolute atomic E-state index is 5.52. The van der Waals surface area contributed by atoms with Gasteiger partial charge in [-0.15, -0.1) is 0 Å². The number of nitrogens with zero attached hydrogens (tertiary/aromatic N) is 3. The first kappa shape index (κ1) is 11.6. The van der Waals surface area contributed by atoms with E-state index in [-0.39, 0.29) is 0 Å². The third-order valence-corrected chi connectivity index (χ3v) is 2.89. The predicted molar refractivity (Wildman–Crippen MR) is 71.8 cm³/mol. The quantitative estimate of drug-likeness (QED) is 0.776. The maximum Gasteiger partial charge on any atom is 0.192 e. The van der Waals surface area contributed by atoms with Gasteiger partial charge in [0, 0.05) is 31.8 Å². The number of aromatic nitrogens is 2. The molecule has 0 unspecified atom stereocenters. The summed E-state index contributed by atoms with van der Waals surface area (Å²) >= 11 is 0. The summed E-state index contributed by atoms with van der Waals surface area (Å²) in [7, 11) is 1.96. The number of rotatable bonds is 3. The van der Waals surface area contributed by atoms with E-state index in [4.69, 9.17) is 14.7 Å². The maximum atomic E-state index is 5.52. The molecule has 0 aliphatic carbocycles. The van der Waals surface area contributed by atoms with Crippen molar-refractivity contribution in [1.82, 2.24) is 10.1 Å². The van der Waals surface area contributed by atoms with Crippen LogP contribution in [0.3, 0.4) is 0 Å². The Bertz CT molecular complexity index is 716. The van der Waals surface area contributed by atoms with Crippen LogP contribution in [0.4, 0.5) is 11.5 Å². The molecule has 2 heterocycles. The Morgan fingerprint density at radius 2 is 2.16 bits per heavy atom. The normalized spacial score (nSPS) is 11.1. The smallest absolute Gasteiger partial charge is 0.192 e. The fourth-order valence-electron chi connectivity index (χ4n) is 1.99. The summed E-state index contributed by atoms with van der Waals surface area (Å²) in [6.45, 7) is 2.42. The molecule has 0 aliphatic rings. The largest absolute Gasteiger partial charge is 0.441 e. The highest BCUT2D eigenvalue weighted by atomic mass is 16.5. The molecule has 0 radical (unpaired) electrons. The molecular formula is C13H14N4O2. The van der Waals surface area contributed by atoms with Crippen molar-refractivity contribution in [3.8, 4) is 0 Å². The summed E-state index contributed by atoms with van der Waals surface area (Å²) in [6.07, 6.45) is 0. The lowest BCUT2D eigenvalue weighted by Crippen LogP contribution is -2.15. The van der Waals surface area contributed by atoms with E-state index in [9.17, 15) is 0 Å². The van der Waals surface area contributed by atoms with E-state index in [0.29, 0.717) is 24.0 Å². The molecule has 6 nitrogen and oxygen atoms in total. The van der Waals surface area contributed by atoms with Gasteiger partial charge in [-0.25, -0.2) is 4.98 Å². The van der Waals surface area contributed by atoms with Crippen LogP contribution < -0.4 is 10.6 Å². The average Bonchev–Trinajstić information content (AvgIpc) is 2.93. The number of aryl methyl sites for hydroxylation is 1. The minimum Gasteiger partial charge on any atom is -0.441 e. The average molecular weight is 258 g/mol. The van der Waals surface area contributed by atoms with Gasteiger partial charge in [-0.05, 0) is 12.1 Å². The first-order valence-electron chi connectivity index (χ1n) is 5.91. The first-order chi connectivity index (χ1) is 9.11. The zero-order chi connectivity index (χ0) is 13.4. The van der Waals surface area contributed by atoms with Gasteiger partial charge < -0.3 is 19.6 Å². The molecular weight excluding hydrogens is 244 g/mol. The second kappa shape index (κ2) is 4.31. The Balaban J connectivity index is 1.86. The Labute approximate surface area is 109 Å². The van der Waals surface area contributed by atoms with Crippen molar-refractivity contribution >= 4 is 22.6 Å². The number of anilines is 2. The third-order valence-electron chi connectivity index (χ3n) is 2.89.